The summed E-state index contributed by atoms with van der Waals surface area (Å²) in [5.41, 5.74) is -0.938. The van der Waals surface area contributed by atoms with Gasteiger partial charge in [0.15, 0.2) is 5.82 Å². The molecule has 1 aromatic rings. The van der Waals surface area contributed by atoms with Crippen molar-refractivity contribution in [3.63, 3.8) is 0 Å². The molecule has 0 unspecified atom stereocenters. The van der Waals surface area contributed by atoms with Gasteiger partial charge < -0.3 is 5.32 Å². The molecule has 0 radical (unpaired) electrons. The van der Waals surface area contributed by atoms with Crippen molar-refractivity contribution in [3.8, 4) is 0 Å². The highest BCUT2D eigenvalue weighted by Crippen LogP contribution is 2.30. The highest BCUT2D eigenvalue weighted by molar-refractivity contribution is 6.28. The molecule has 4 nitrogen and oxygen atoms in total. The SMILES string of the molecule is Cn1nc(NC(=O)CCl)cc1C(F)(F)F. The summed E-state index contributed by atoms with van der Waals surface area (Å²) < 4.78 is 37.5. The summed E-state index contributed by atoms with van der Waals surface area (Å²) in [6, 6.07) is 0.741. The van der Waals surface area contributed by atoms with Crippen molar-refractivity contribution in [2.24, 2.45) is 7.05 Å². The molecule has 0 aliphatic rings. The zero-order chi connectivity index (χ0) is 11.6. The summed E-state index contributed by atoms with van der Waals surface area (Å²) in [5.74, 6) is -1.11. The van der Waals surface area contributed by atoms with Gasteiger partial charge in [0.05, 0.1) is 0 Å². The third-order valence-electron chi connectivity index (χ3n) is 1.56. The van der Waals surface area contributed by atoms with E-state index in [4.69, 9.17) is 11.6 Å². The second-order valence-electron chi connectivity index (χ2n) is 2.72. The number of aromatic nitrogens is 2. The quantitative estimate of drug-likeness (QED) is 0.800. The summed E-state index contributed by atoms with van der Waals surface area (Å²) in [6.45, 7) is 0. The van der Waals surface area contributed by atoms with Crippen LogP contribution in [0.15, 0.2) is 6.07 Å². The summed E-state index contributed by atoms with van der Waals surface area (Å²) in [6.07, 6.45) is -4.49. The number of carbonyl (C=O) groups is 1. The van der Waals surface area contributed by atoms with Gasteiger partial charge in [-0.3, -0.25) is 9.48 Å². The van der Waals surface area contributed by atoms with Crippen molar-refractivity contribution in [3.05, 3.63) is 11.8 Å². The van der Waals surface area contributed by atoms with E-state index in [0.29, 0.717) is 4.68 Å². The average Bonchev–Trinajstić information content (AvgIpc) is 2.45. The number of aryl methyl sites for hydroxylation is 1. The van der Waals surface area contributed by atoms with Crippen molar-refractivity contribution in [2.45, 2.75) is 6.18 Å². The van der Waals surface area contributed by atoms with Gasteiger partial charge in [0, 0.05) is 13.1 Å². The molecule has 15 heavy (non-hydrogen) atoms. The molecule has 1 rings (SSSR count). The van der Waals surface area contributed by atoms with Gasteiger partial charge in [-0.1, -0.05) is 0 Å². The lowest BCUT2D eigenvalue weighted by Crippen LogP contribution is -2.13. The van der Waals surface area contributed by atoms with Crippen LogP contribution in [0.1, 0.15) is 5.69 Å². The van der Waals surface area contributed by atoms with Crippen LogP contribution in [0.5, 0.6) is 0 Å². The number of anilines is 1. The topological polar surface area (TPSA) is 46.9 Å². The summed E-state index contributed by atoms with van der Waals surface area (Å²) in [5, 5.41) is 5.59. The lowest BCUT2D eigenvalue weighted by Gasteiger charge is -2.04. The first-order valence-corrected chi connectivity index (χ1v) is 4.35. The summed E-state index contributed by atoms with van der Waals surface area (Å²) >= 11 is 5.17. The first kappa shape index (κ1) is 11.8. The van der Waals surface area contributed by atoms with E-state index >= 15 is 0 Å². The standard InChI is InChI=1S/C7H7ClF3N3O/c1-14-4(7(9,10)11)2-5(13-14)12-6(15)3-8/h2H,3H2,1H3,(H,12,13,15). The van der Waals surface area contributed by atoms with Crippen LogP contribution in [0.3, 0.4) is 0 Å². The minimum atomic E-state index is -4.49. The molecule has 1 aromatic heterocycles. The van der Waals surface area contributed by atoms with E-state index in [1.807, 2.05) is 0 Å². The molecule has 0 spiro atoms. The number of hydrogen-bond acceptors (Lipinski definition) is 2. The van der Waals surface area contributed by atoms with Gasteiger partial charge in [-0.2, -0.15) is 18.3 Å². The van der Waals surface area contributed by atoms with Crippen LogP contribution < -0.4 is 5.32 Å². The Morgan fingerprint density at radius 2 is 2.27 bits per heavy atom. The zero-order valence-corrected chi connectivity index (χ0v) is 8.35. The largest absolute Gasteiger partial charge is 0.433 e. The molecule has 1 amide bonds. The predicted octanol–water partition coefficient (Wildman–Crippen LogP) is 1.62. The fourth-order valence-electron chi connectivity index (χ4n) is 0.970. The van der Waals surface area contributed by atoms with E-state index in [1.165, 1.54) is 0 Å². The molecule has 84 valence electrons. The maximum atomic E-state index is 12.3. The Balaban J connectivity index is 2.91. The summed E-state index contributed by atoms with van der Waals surface area (Å²) in [7, 11) is 1.14. The van der Waals surface area contributed by atoms with Crippen LogP contribution in [-0.2, 0) is 18.0 Å². The zero-order valence-electron chi connectivity index (χ0n) is 7.60. The smallest absolute Gasteiger partial charge is 0.308 e. The minimum absolute atomic E-state index is 0.171. The van der Waals surface area contributed by atoms with E-state index in [-0.39, 0.29) is 11.7 Å². The van der Waals surface area contributed by atoms with Gasteiger partial charge in [0.25, 0.3) is 0 Å². The first-order valence-electron chi connectivity index (χ1n) is 3.81. The molecule has 0 fully saturated rings. The number of carbonyl (C=O) groups excluding carboxylic acids is 1. The van der Waals surface area contributed by atoms with E-state index < -0.39 is 17.8 Å². The Morgan fingerprint density at radius 3 is 2.67 bits per heavy atom. The van der Waals surface area contributed by atoms with Gasteiger partial charge in [-0.15, -0.1) is 11.6 Å². The number of nitrogens with zero attached hydrogens (tertiary/aromatic N) is 2. The lowest BCUT2D eigenvalue weighted by molar-refractivity contribution is -0.143. The van der Waals surface area contributed by atoms with Crippen LogP contribution in [0.25, 0.3) is 0 Å². The molecule has 0 saturated heterocycles. The first-order chi connectivity index (χ1) is 6.84. The number of alkyl halides is 4. The Hall–Kier alpha value is -1.24. The van der Waals surface area contributed by atoms with Crippen molar-refractivity contribution in [2.75, 3.05) is 11.2 Å². The van der Waals surface area contributed by atoms with Crippen molar-refractivity contribution < 1.29 is 18.0 Å². The molecule has 1 N–H and O–H groups in total. The normalized spacial score (nSPS) is 11.5. The maximum Gasteiger partial charge on any atom is 0.433 e. The van der Waals surface area contributed by atoms with E-state index in [1.54, 1.807) is 0 Å². The average molecular weight is 242 g/mol. The molecule has 0 saturated carbocycles. The summed E-state index contributed by atoms with van der Waals surface area (Å²) in [4.78, 5) is 10.8. The minimum Gasteiger partial charge on any atom is -0.308 e. The number of amides is 1. The Bertz CT molecular complexity index is 374. The molecule has 0 aliphatic carbocycles. The highest BCUT2D eigenvalue weighted by Gasteiger charge is 2.35. The second-order valence-corrected chi connectivity index (χ2v) is 2.99. The van der Waals surface area contributed by atoms with Crippen LogP contribution in [-0.4, -0.2) is 21.6 Å². The number of halogens is 4. The van der Waals surface area contributed by atoms with E-state index in [2.05, 4.69) is 10.4 Å². The molecule has 8 heteroatoms. The third kappa shape index (κ3) is 2.85. The predicted molar refractivity (Wildman–Crippen MR) is 47.6 cm³/mol. The fraction of sp³-hybridized carbons (Fsp3) is 0.429. The fourth-order valence-corrected chi connectivity index (χ4v) is 1.04. The van der Waals surface area contributed by atoms with Crippen LogP contribution in [0.2, 0.25) is 0 Å². The molecule has 1 heterocycles. The van der Waals surface area contributed by atoms with Crippen LogP contribution in [0, 0.1) is 0 Å². The number of rotatable bonds is 2. The second kappa shape index (κ2) is 4.09. The highest BCUT2D eigenvalue weighted by atomic mass is 35.5. The van der Waals surface area contributed by atoms with E-state index in [0.717, 1.165) is 13.1 Å². The Kier molecular flexibility index (Phi) is 3.23. The van der Waals surface area contributed by atoms with Crippen LogP contribution in [0.4, 0.5) is 19.0 Å². The number of hydrogen-bond donors (Lipinski definition) is 1. The van der Waals surface area contributed by atoms with E-state index in [9.17, 15) is 18.0 Å². The molecular formula is C7H7ClF3N3O. The van der Waals surface area contributed by atoms with Crippen molar-refractivity contribution >= 4 is 23.3 Å². The lowest BCUT2D eigenvalue weighted by atomic mass is 10.4. The van der Waals surface area contributed by atoms with Gasteiger partial charge in [0.2, 0.25) is 5.91 Å². The third-order valence-corrected chi connectivity index (χ3v) is 1.80. The maximum absolute atomic E-state index is 12.3. The monoisotopic (exact) mass is 241 g/mol. The van der Waals surface area contributed by atoms with Gasteiger partial charge in [-0.05, 0) is 0 Å². The number of nitrogens with one attached hydrogen (secondary N) is 1. The molecular weight excluding hydrogens is 235 g/mol. The van der Waals surface area contributed by atoms with Crippen LogP contribution >= 0.6 is 11.6 Å². The molecule has 0 atom stereocenters. The van der Waals surface area contributed by atoms with Crippen molar-refractivity contribution in [1.29, 1.82) is 0 Å². The van der Waals surface area contributed by atoms with Gasteiger partial charge >= 0.3 is 6.18 Å². The van der Waals surface area contributed by atoms with Crippen molar-refractivity contribution in [1.82, 2.24) is 9.78 Å². The Labute approximate surface area is 88.0 Å². The van der Waals surface area contributed by atoms with Gasteiger partial charge in [-0.25, -0.2) is 0 Å². The van der Waals surface area contributed by atoms with Gasteiger partial charge in [0.1, 0.15) is 11.6 Å². The molecule has 0 bridgehead atoms. The molecule has 0 aliphatic heterocycles. The Morgan fingerprint density at radius 1 is 1.67 bits per heavy atom. The molecule has 0 aromatic carbocycles.